The zero-order valence-corrected chi connectivity index (χ0v) is 9.50. The largest absolute Gasteiger partial charge is 0.368 e. The van der Waals surface area contributed by atoms with Gasteiger partial charge in [-0.3, -0.25) is 9.48 Å². The normalized spacial score (nSPS) is 12.1. The molecule has 0 radical (unpaired) electrons. The topological polar surface area (TPSA) is 72.9 Å². The van der Waals surface area contributed by atoms with E-state index in [1.807, 2.05) is 37.4 Å². The molecule has 0 spiro atoms. The number of aryl methyl sites for hydroxylation is 1. The molecule has 1 atom stereocenters. The quantitative estimate of drug-likeness (QED) is 0.824. The molecule has 1 aromatic heterocycles. The lowest BCUT2D eigenvalue weighted by molar-refractivity contribution is -0.118. The Morgan fingerprint density at radius 2 is 2.12 bits per heavy atom. The number of hydrogen-bond donors (Lipinski definition) is 2. The number of rotatable bonds is 4. The summed E-state index contributed by atoms with van der Waals surface area (Å²) in [5, 5.41) is 7.08. The second-order valence-electron chi connectivity index (χ2n) is 3.79. The molecule has 17 heavy (non-hydrogen) atoms. The second-order valence-corrected chi connectivity index (χ2v) is 3.79. The Balaban J connectivity index is 2.22. The van der Waals surface area contributed by atoms with Gasteiger partial charge in [0.1, 0.15) is 6.04 Å². The van der Waals surface area contributed by atoms with Crippen molar-refractivity contribution in [2.75, 3.05) is 5.32 Å². The van der Waals surface area contributed by atoms with Gasteiger partial charge in [-0.05, 0) is 5.56 Å². The van der Waals surface area contributed by atoms with E-state index in [0.29, 0.717) is 0 Å². The van der Waals surface area contributed by atoms with Crippen LogP contribution >= 0.6 is 0 Å². The standard InChI is InChI=1S/C12H14N4O/c1-16-8-10(7-14-16)15-11(12(13)17)9-5-3-2-4-6-9/h2-8,11,15H,1H3,(H2,13,17)/t11-/m0/s1. The van der Waals surface area contributed by atoms with Crippen molar-refractivity contribution < 1.29 is 4.79 Å². The van der Waals surface area contributed by atoms with Crippen molar-refractivity contribution in [3.63, 3.8) is 0 Å². The summed E-state index contributed by atoms with van der Waals surface area (Å²) in [7, 11) is 1.81. The van der Waals surface area contributed by atoms with Gasteiger partial charge in [-0.2, -0.15) is 5.10 Å². The molecule has 0 aliphatic heterocycles. The van der Waals surface area contributed by atoms with Crippen LogP contribution in [-0.4, -0.2) is 15.7 Å². The molecular weight excluding hydrogens is 216 g/mol. The van der Waals surface area contributed by atoms with Crippen molar-refractivity contribution in [3.05, 3.63) is 48.3 Å². The average molecular weight is 230 g/mol. The van der Waals surface area contributed by atoms with Crippen molar-refractivity contribution in [1.29, 1.82) is 0 Å². The number of amides is 1. The van der Waals surface area contributed by atoms with Gasteiger partial charge in [0.05, 0.1) is 11.9 Å². The number of nitrogens with one attached hydrogen (secondary N) is 1. The minimum atomic E-state index is -0.541. The van der Waals surface area contributed by atoms with Crippen LogP contribution in [0.25, 0.3) is 0 Å². The lowest BCUT2D eigenvalue weighted by atomic mass is 10.1. The van der Waals surface area contributed by atoms with Crippen molar-refractivity contribution in [2.45, 2.75) is 6.04 Å². The Hall–Kier alpha value is -2.30. The highest BCUT2D eigenvalue weighted by Crippen LogP contribution is 2.18. The fourth-order valence-electron chi connectivity index (χ4n) is 1.63. The summed E-state index contributed by atoms with van der Waals surface area (Å²) in [5.41, 5.74) is 7.00. The summed E-state index contributed by atoms with van der Waals surface area (Å²) >= 11 is 0. The van der Waals surface area contributed by atoms with E-state index in [1.165, 1.54) is 0 Å². The molecule has 0 unspecified atom stereocenters. The second kappa shape index (κ2) is 4.69. The third-order valence-electron chi connectivity index (χ3n) is 2.43. The summed E-state index contributed by atoms with van der Waals surface area (Å²) in [6.45, 7) is 0. The van der Waals surface area contributed by atoms with E-state index in [1.54, 1.807) is 17.1 Å². The first-order valence-corrected chi connectivity index (χ1v) is 5.26. The summed E-state index contributed by atoms with van der Waals surface area (Å²) in [6, 6.07) is 8.82. The molecule has 5 nitrogen and oxygen atoms in total. The lowest BCUT2D eigenvalue weighted by Gasteiger charge is -2.15. The van der Waals surface area contributed by atoms with Crippen LogP contribution in [0.2, 0.25) is 0 Å². The Labute approximate surface area is 99.2 Å². The number of carbonyl (C=O) groups is 1. The number of primary amides is 1. The van der Waals surface area contributed by atoms with Gasteiger partial charge in [-0.25, -0.2) is 0 Å². The summed E-state index contributed by atoms with van der Waals surface area (Å²) in [6.07, 6.45) is 3.44. The van der Waals surface area contributed by atoms with E-state index < -0.39 is 11.9 Å². The lowest BCUT2D eigenvalue weighted by Crippen LogP contribution is -2.27. The highest BCUT2D eigenvalue weighted by atomic mass is 16.1. The SMILES string of the molecule is Cn1cc(N[C@H](C(N)=O)c2ccccc2)cn1. The molecule has 1 heterocycles. The van der Waals surface area contributed by atoms with Gasteiger partial charge in [0.25, 0.3) is 0 Å². The summed E-state index contributed by atoms with van der Waals surface area (Å²) < 4.78 is 1.66. The molecule has 0 aliphatic rings. The molecule has 0 bridgehead atoms. The fraction of sp³-hybridized carbons (Fsp3) is 0.167. The van der Waals surface area contributed by atoms with Gasteiger partial charge in [0, 0.05) is 13.2 Å². The van der Waals surface area contributed by atoms with Crippen LogP contribution in [0.5, 0.6) is 0 Å². The highest BCUT2D eigenvalue weighted by molar-refractivity contribution is 5.84. The van der Waals surface area contributed by atoms with Gasteiger partial charge < -0.3 is 11.1 Å². The van der Waals surface area contributed by atoms with Crippen LogP contribution in [0, 0.1) is 0 Å². The Bertz CT molecular complexity index is 506. The highest BCUT2D eigenvalue weighted by Gasteiger charge is 2.17. The van der Waals surface area contributed by atoms with Gasteiger partial charge in [0.2, 0.25) is 5.91 Å². The number of aromatic nitrogens is 2. The molecule has 3 N–H and O–H groups in total. The van der Waals surface area contributed by atoms with Crippen molar-refractivity contribution in [1.82, 2.24) is 9.78 Å². The number of hydrogen-bond acceptors (Lipinski definition) is 3. The van der Waals surface area contributed by atoms with Gasteiger partial charge in [-0.15, -0.1) is 0 Å². The van der Waals surface area contributed by atoms with Crippen LogP contribution < -0.4 is 11.1 Å². The zero-order valence-electron chi connectivity index (χ0n) is 9.50. The molecule has 0 aliphatic carbocycles. The minimum Gasteiger partial charge on any atom is -0.368 e. The maximum absolute atomic E-state index is 11.4. The van der Waals surface area contributed by atoms with E-state index in [4.69, 9.17) is 5.73 Å². The molecule has 1 aromatic carbocycles. The first-order chi connectivity index (χ1) is 8.16. The molecule has 5 heteroatoms. The van der Waals surface area contributed by atoms with Crippen LogP contribution in [0.3, 0.4) is 0 Å². The first kappa shape index (κ1) is 11.2. The molecule has 1 amide bonds. The number of nitrogens with zero attached hydrogens (tertiary/aromatic N) is 2. The fourth-order valence-corrected chi connectivity index (χ4v) is 1.63. The molecule has 0 saturated carbocycles. The maximum atomic E-state index is 11.4. The van der Waals surface area contributed by atoms with Crippen LogP contribution in [0.1, 0.15) is 11.6 Å². The third kappa shape index (κ3) is 2.63. The number of nitrogens with two attached hydrogens (primary N) is 1. The molecular formula is C12H14N4O. The minimum absolute atomic E-state index is 0.417. The van der Waals surface area contributed by atoms with E-state index in [2.05, 4.69) is 10.4 Å². The van der Waals surface area contributed by atoms with Crippen LogP contribution in [-0.2, 0) is 11.8 Å². The zero-order chi connectivity index (χ0) is 12.3. The molecule has 2 aromatic rings. The predicted molar refractivity (Wildman–Crippen MR) is 65.2 cm³/mol. The van der Waals surface area contributed by atoms with Crippen LogP contribution in [0.15, 0.2) is 42.7 Å². The number of carbonyl (C=O) groups excluding carboxylic acids is 1. The maximum Gasteiger partial charge on any atom is 0.244 e. The third-order valence-corrected chi connectivity index (χ3v) is 2.43. The predicted octanol–water partition coefficient (Wildman–Crippen LogP) is 1.06. The average Bonchev–Trinajstić information content (AvgIpc) is 2.73. The van der Waals surface area contributed by atoms with Crippen molar-refractivity contribution in [3.8, 4) is 0 Å². The molecule has 0 fully saturated rings. The smallest absolute Gasteiger partial charge is 0.244 e. The first-order valence-electron chi connectivity index (χ1n) is 5.26. The van der Waals surface area contributed by atoms with E-state index in [9.17, 15) is 4.79 Å². The van der Waals surface area contributed by atoms with Gasteiger partial charge >= 0.3 is 0 Å². The Morgan fingerprint density at radius 3 is 2.65 bits per heavy atom. The number of anilines is 1. The number of benzene rings is 1. The van der Waals surface area contributed by atoms with Crippen molar-refractivity contribution in [2.24, 2.45) is 12.8 Å². The van der Waals surface area contributed by atoms with Gasteiger partial charge in [-0.1, -0.05) is 30.3 Å². The monoisotopic (exact) mass is 230 g/mol. The van der Waals surface area contributed by atoms with E-state index >= 15 is 0 Å². The van der Waals surface area contributed by atoms with E-state index in [-0.39, 0.29) is 0 Å². The Morgan fingerprint density at radius 1 is 1.41 bits per heavy atom. The van der Waals surface area contributed by atoms with Crippen molar-refractivity contribution >= 4 is 11.6 Å². The van der Waals surface area contributed by atoms with Crippen LogP contribution in [0.4, 0.5) is 5.69 Å². The summed E-state index contributed by atoms with van der Waals surface area (Å²) in [5.74, 6) is -0.417. The molecule has 2 rings (SSSR count). The summed E-state index contributed by atoms with van der Waals surface area (Å²) in [4.78, 5) is 11.4. The van der Waals surface area contributed by atoms with E-state index in [0.717, 1.165) is 11.3 Å². The van der Waals surface area contributed by atoms with Gasteiger partial charge in [0.15, 0.2) is 0 Å². The Kier molecular flexibility index (Phi) is 3.09. The molecule has 0 saturated heterocycles. The molecule has 88 valence electrons.